The Morgan fingerprint density at radius 1 is 1.41 bits per heavy atom. The summed E-state index contributed by atoms with van der Waals surface area (Å²) in [6.07, 6.45) is -3.84. The van der Waals surface area contributed by atoms with E-state index < -0.39 is 57.7 Å². The summed E-state index contributed by atoms with van der Waals surface area (Å²) < 4.78 is 68.4. The number of carbonyl (C=O) groups excluding carboxylic acids is 1. The summed E-state index contributed by atoms with van der Waals surface area (Å²) in [6, 6.07) is 3.24. The Morgan fingerprint density at radius 3 is 2.50 bits per heavy atom. The molecule has 1 aromatic rings. The van der Waals surface area contributed by atoms with Crippen LogP contribution in [0.2, 0.25) is 0 Å². The number of hydrogen-bond acceptors (Lipinski definition) is 4. The van der Waals surface area contributed by atoms with Crippen molar-refractivity contribution in [3.8, 4) is 6.07 Å². The van der Waals surface area contributed by atoms with Crippen LogP contribution in [0.15, 0.2) is 17.0 Å². The van der Waals surface area contributed by atoms with Crippen molar-refractivity contribution in [2.45, 2.75) is 30.2 Å². The first-order valence-electron chi connectivity index (χ1n) is 5.95. The lowest BCUT2D eigenvalue weighted by molar-refractivity contribution is -0.142. The zero-order chi connectivity index (χ0) is 16.9. The second-order valence-corrected chi connectivity index (χ2v) is 5.03. The molecule has 0 radical (unpaired) electrons. The molecule has 22 heavy (non-hydrogen) atoms. The van der Waals surface area contributed by atoms with E-state index in [4.69, 9.17) is 5.26 Å². The number of benzene rings is 1. The Morgan fingerprint density at radius 2 is 2.05 bits per heavy atom. The maximum absolute atomic E-state index is 13.0. The molecule has 9 heteroatoms. The minimum absolute atomic E-state index is 0.0392. The number of halogens is 5. The van der Waals surface area contributed by atoms with Crippen molar-refractivity contribution in [3.63, 3.8) is 0 Å². The fourth-order valence-electron chi connectivity index (χ4n) is 1.71. The van der Waals surface area contributed by atoms with E-state index in [-0.39, 0.29) is 6.61 Å². The van der Waals surface area contributed by atoms with Gasteiger partial charge in [0, 0.05) is 10.5 Å². The van der Waals surface area contributed by atoms with Crippen LogP contribution in [-0.4, -0.2) is 18.1 Å². The van der Waals surface area contributed by atoms with E-state index in [0.717, 1.165) is 12.1 Å². The molecule has 0 atom stereocenters. The van der Waals surface area contributed by atoms with Crippen LogP contribution in [0.3, 0.4) is 0 Å². The molecule has 3 nitrogen and oxygen atoms in total. The molecule has 0 aliphatic carbocycles. The van der Waals surface area contributed by atoms with Crippen LogP contribution < -0.4 is 0 Å². The molecular formula is C13H10F5NO2S. The zero-order valence-electron chi connectivity index (χ0n) is 11.2. The topological polar surface area (TPSA) is 50.1 Å². The molecule has 0 saturated heterocycles. The highest BCUT2D eigenvalue weighted by Crippen LogP contribution is 2.43. The monoisotopic (exact) mass is 339 g/mol. The minimum atomic E-state index is -4.78. The summed E-state index contributed by atoms with van der Waals surface area (Å²) >= 11 is -0.693. The molecule has 1 aromatic carbocycles. The van der Waals surface area contributed by atoms with Gasteiger partial charge in [0.2, 0.25) is 0 Å². The van der Waals surface area contributed by atoms with Crippen LogP contribution in [0, 0.1) is 11.3 Å². The van der Waals surface area contributed by atoms with E-state index in [1.54, 1.807) is 0 Å². The first-order valence-corrected chi connectivity index (χ1v) is 6.76. The second-order valence-electron chi connectivity index (χ2n) is 3.95. The Balaban J connectivity index is 3.43. The lowest BCUT2D eigenvalue weighted by Gasteiger charge is -2.16. The molecule has 0 N–H and O–H groups in total. The predicted octanol–water partition coefficient (Wildman–Crippen LogP) is 4.21. The van der Waals surface area contributed by atoms with Gasteiger partial charge in [0.25, 0.3) is 6.43 Å². The normalized spacial score (nSPS) is 11.4. The van der Waals surface area contributed by atoms with Crippen LogP contribution in [0.1, 0.15) is 30.0 Å². The maximum Gasteiger partial charge on any atom is 0.446 e. The molecule has 120 valence electrons. The van der Waals surface area contributed by atoms with Gasteiger partial charge in [-0.3, -0.25) is 4.79 Å². The quantitative estimate of drug-likeness (QED) is 0.458. The molecule has 0 amide bonds. The van der Waals surface area contributed by atoms with E-state index >= 15 is 0 Å². The molecule has 0 aliphatic rings. The van der Waals surface area contributed by atoms with Crippen LogP contribution in [-0.2, 0) is 16.0 Å². The number of nitriles is 1. The molecule has 0 aromatic heterocycles. The van der Waals surface area contributed by atoms with Crippen molar-refractivity contribution in [1.82, 2.24) is 0 Å². The first kappa shape index (κ1) is 18.2. The average Bonchev–Trinajstić information content (AvgIpc) is 2.38. The summed E-state index contributed by atoms with van der Waals surface area (Å²) in [5.74, 6) is -0.941. The second kappa shape index (κ2) is 7.45. The van der Waals surface area contributed by atoms with E-state index in [2.05, 4.69) is 4.74 Å². The number of thioether (sulfide) groups is 1. The fourth-order valence-corrected chi connectivity index (χ4v) is 2.47. The van der Waals surface area contributed by atoms with Crippen LogP contribution in [0.25, 0.3) is 0 Å². The number of ether oxygens (including phenoxy) is 1. The molecular weight excluding hydrogens is 329 g/mol. The smallest absolute Gasteiger partial charge is 0.446 e. The average molecular weight is 339 g/mol. The number of hydrogen-bond donors (Lipinski definition) is 0. The van der Waals surface area contributed by atoms with E-state index in [1.807, 2.05) is 0 Å². The van der Waals surface area contributed by atoms with Gasteiger partial charge in [-0.1, -0.05) is 6.07 Å². The van der Waals surface area contributed by atoms with Gasteiger partial charge < -0.3 is 4.74 Å². The predicted molar refractivity (Wildman–Crippen MR) is 68.4 cm³/mol. The molecule has 1 rings (SSSR count). The standard InChI is InChI=1S/C13H10F5NO2S/c1-2-21-10(20)5-9-8(12(14)15)4-3-7(6-19)11(9)22-13(16,17)18/h3-4,12H,2,5H2,1H3. The summed E-state index contributed by atoms with van der Waals surface area (Å²) in [7, 11) is 0. The molecule has 0 bridgehead atoms. The minimum Gasteiger partial charge on any atom is -0.466 e. The number of alkyl halides is 5. The van der Waals surface area contributed by atoms with Gasteiger partial charge in [-0.05, 0) is 30.3 Å². The molecule has 0 spiro atoms. The third-order valence-electron chi connectivity index (χ3n) is 2.50. The zero-order valence-corrected chi connectivity index (χ0v) is 12.0. The van der Waals surface area contributed by atoms with Crippen molar-refractivity contribution >= 4 is 17.7 Å². The molecule has 0 unspecified atom stereocenters. The van der Waals surface area contributed by atoms with Gasteiger partial charge in [0.1, 0.15) is 6.07 Å². The van der Waals surface area contributed by atoms with Crippen molar-refractivity contribution in [2.24, 2.45) is 0 Å². The van der Waals surface area contributed by atoms with E-state index in [9.17, 15) is 26.7 Å². The number of esters is 1. The van der Waals surface area contributed by atoms with E-state index in [1.165, 1.54) is 13.0 Å². The van der Waals surface area contributed by atoms with Crippen LogP contribution >= 0.6 is 11.8 Å². The lowest BCUT2D eigenvalue weighted by atomic mass is 10.0. The van der Waals surface area contributed by atoms with Gasteiger partial charge in [0.15, 0.2) is 0 Å². The SMILES string of the molecule is CCOC(=O)Cc1c(C(F)F)ccc(C#N)c1SC(F)(F)F. The fraction of sp³-hybridized carbons (Fsp3) is 0.385. The Kier molecular flexibility index (Phi) is 6.17. The first-order chi connectivity index (χ1) is 10.2. The number of carbonyl (C=O) groups is 1. The highest BCUT2D eigenvalue weighted by atomic mass is 32.2. The van der Waals surface area contributed by atoms with Gasteiger partial charge >= 0.3 is 11.5 Å². The third kappa shape index (κ3) is 4.87. The molecule has 0 heterocycles. The van der Waals surface area contributed by atoms with Crippen molar-refractivity contribution < 1.29 is 31.5 Å². The highest BCUT2D eigenvalue weighted by molar-refractivity contribution is 8.00. The summed E-state index contributed by atoms with van der Waals surface area (Å²) in [6.45, 7) is 1.44. The molecule has 0 saturated carbocycles. The largest absolute Gasteiger partial charge is 0.466 e. The summed E-state index contributed by atoms with van der Waals surface area (Å²) in [5, 5.41) is 8.87. The van der Waals surface area contributed by atoms with Crippen molar-refractivity contribution in [1.29, 1.82) is 5.26 Å². The number of rotatable bonds is 5. The maximum atomic E-state index is 13.0. The lowest BCUT2D eigenvalue weighted by Crippen LogP contribution is -2.13. The molecule has 0 aliphatic heterocycles. The van der Waals surface area contributed by atoms with Crippen LogP contribution in [0.4, 0.5) is 22.0 Å². The Labute approximate surface area is 127 Å². The molecule has 0 fully saturated rings. The van der Waals surface area contributed by atoms with Crippen LogP contribution in [0.5, 0.6) is 0 Å². The van der Waals surface area contributed by atoms with Gasteiger partial charge in [0.05, 0.1) is 18.6 Å². The van der Waals surface area contributed by atoms with Crippen molar-refractivity contribution in [3.05, 3.63) is 28.8 Å². The summed E-state index contributed by atoms with van der Waals surface area (Å²) in [4.78, 5) is 10.8. The number of nitrogens with zero attached hydrogens (tertiary/aromatic N) is 1. The van der Waals surface area contributed by atoms with Gasteiger partial charge in [-0.2, -0.15) is 18.4 Å². The van der Waals surface area contributed by atoms with E-state index in [0.29, 0.717) is 0 Å². The summed E-state index contributed by atoms with van der Waals surface area (Å²) in [5.41, 5.74) is -6.46. The van der Waals surface area contributed by atoms with Crippen molar-refractivity contribution in [2.75, 3.05) is 6.61 Å². The third-order valence-corrected chi connectivity index (χ3v) is 3.40. The van der Waals surface area contributed by atoms with Gasteiger partial charge in [-0.25, -0.2) is 8.78 Å². The van der Waals surface area contributed by atoms with Gasteiger partial charge in [-0.15, -0.1) is 0 Å². The Hall–Kier alpha value is -1.82. The highest BCUT2D eigenvalue weighted by Gasteiger charge is 2.34. The Bertz CT molecular complexity index is 595.